The number of anilines is 1. The lowest BCUT2D eigenvalue weighted by Crippen LogP contribution is -2.03. The Labute approximate surface area is 74.8 Å². The third-order valence-corrected chi connectivity index (χ3v) is 1.51. The molecule has 13 heavy (non-hydrogen) atoms. The fraction of sp³-hybridized carbons (Fsp3) is 0.222. The summed E-state index contributed by atoms with van der Waals surface area (Å²) in [5.74, 6) is -0.562. The molecule has 1 N–H and O–H groups in total. The average Bonchev–Trinajstić information content (AvgIpc) is 2.16. The summed E-state index contributed by atoms with van der Waals surface area (Å²) >= 11 is 0. The Balaban J connectivity index is 2.82. The van der Waals surface area contributed by atoms with Crippen LogP contribution in [0.25, 0.3) is 0 Å². The van der Waals surface area contributed by atoms with Gasteiger partial charge < -0.3 is 5.32 Å². The van der Waals surface area contributed by atoms with Gasteiger partial charge in [0.05, 0.1) is 5.56 Å². The topological polar surface area (TPSA) is 35.8 Å². The van der Waals surface area contributed by atoms with Crippen LogP contribution in [0, 0.1) is 17.1 Å². The van der Waals surface area contributed by atoms with Crippen molar-refractivity contribution in [2.75, 3.05) is 18.5 Å². The van der Waals surface area contributed by atoms with E-state index < -0.39 is 12.5 Å². The van der Waals surface area contributed by atoms with Crippen LogP contribution in [-0.2, 0) is 0 Å². The number of hydrogen-bond donors (Lipinski definition) is 1. The second-order valence-electron chi connectivity index (χ2n) is 2.42. The van der Waals surface area contributed by atoms with E-state index in [0.29, 0.717) is 5.69 Å². The third kappa shape index (κ3) is 2.41. The zero-order chi connectivity index (χ0) is 9.68. The van der Waals surface area contributed by atoms with Crippen molar-refractivity contribution in [3.05, 3.63) is 29.6 Å². The van der Waals surface area contributed by atoms with Gasteiger partial charge in [0.15, 0.2) is 0 Å². The van der Waals surface area contributed by atoms with Crippen LogP contribution in [0.4, 0.5) is 14.5 Å². The molecule has 0 aliphatic carbocycles. The molecule has 0 bridgehead atoms. The number of nitriles is 1. The van der Waals surface area contributed by atoms with Gasteiger partial charge in [-0.2, -0.15) is 5.26 Å². The Hall–Kier alpha value is -1.63. The first-order chi connectivity index (χ1) is 6.27. The largest absolute Gasteiger partial charge is 0.382 e. The van der Waals surface area contributed by atoms with Crippen LogP contribution in [0.15, 0.2) is 18.2 Å². The first-order valence-electron chi connectivity index (χ1n) is 3.77. The van der Waals surface area contributed by atoms with Gasteiger partial charge in [-0.05, 0) is 18.2 Å². The van der Waals surface area contributed by atoms with E-state index in [1.54, 1.807) is 6.07 Å². The van der Waals surface area contributed by atoms with Gasteiger partial charge in [-0.3, -0.25) is 0 Å². The summed E-state index contributed by atoms with van der Waals surface area (Å²) in [5.41, 5.74) is 0.513. The van der Waals surface area contributed by atoms with E-state index in [-0.39, 0.29) is 12.1 Å². The van der Waals surface area contributed by atoms with Crippen molar-refractivity contribution in [1.82, 2.24) is 0 Å². The molecule has 0 aliphatic rings. The zero-order valence-electron chi connectivity index (χ0n) is 6.85. The summed E-state index contributed by atoms with van der Waals surface area (Å²) in [6, 6.07) is 5.70. The van der Waals surface area contributed by atoms with E-state index in [1.807, 2.05) is 0 Å². The highest BCUT2D eigenvalue weighted by molar-refractivity contribution is 5.49. The number of benzene rings is 1. The summed E-state index contributed by atoms with van der Waals surface area (Å²) in [4.78, 5) is 0. The van der Waals surface area contributed by atoms with E-state index in [0.717, 1.165) is 0 Å². The fourth-order valence-electron chi connectivity index (χ4n) is 0.912. The van der Waals surface area contributed by atoms with Gasteiger partial charge in [0.1, 0.15) is 18.6 Å². The highest BCUT2D eigenvalue weighted by Crippen LogP contribution is 2.13. The lowest BCUT2D eigenvalue weighted by molar-refractivity contribution is 0.512. The molecule has 0 aliphatic heterocycles. The second kappa shape index (κ2) is 4.41. The van der Waals surface area contributed by atoms with Gasteiger partial charge in [0, 0.05) is 12.2 Å². The molecule has 0 saturated heterocycles. The molecule has 0 fully saturated rings. The smallest absolute Gasteiger partial charge is 0.141 e. The minimum Gasteiger partial charge on any atom is -0.382 e. The molecular weight excluding hydrogens is 174 g/mol. The molecule has 0 aromatic heterocycles. The van der Waals surface area contributed by atoms with Crippen molar-refractivity contribution in [1.29, 1.82) is 5.26 Å². The Morgan fingerprint density at radius 1 is 1.46 bits per heavy atom. The molecule has 1 rings (SSSR count). The van der Waals surface area contributed by atoms with Crippen LogP contribution in [0.5, 0.6) is 0 Å². The Kier molecular flexibility index (Phi) is 3.21. The molecule has 4 heteroatoms. The minimum atomic E-state index is -0.562. The van der Waals surface area contributed by atoms with E-state index in [4.69, 9.17) is 5.26 Å². The van der Waals surface area contributed by atoms with Crippen LogP contribution < -0.4 is 5.32 Å². The molecule has 0 heterocycles. The molecule has 0 radical (unpaired) electrons. The normalized spacial score (nSPS) is 9.31. The van der Waals surface area contributed by atoms with Gasteiger partial charge in [-0.25, -0.2) is 8.78 Å². The van der Waals surface area contributed by atoms with Gasteiger partial charge in [0.25, 0.3) is 0 Å². The third-order valence-electron chi connectivity index (χ3n) is 1.51. The molecule has 0 spiro atoms. The molecular formula is C9H8F2N2. The second-order valence-corrected chi connectivity index (χ2v) is 2.42. The van der Waals surface area contributed by atoms with Crippen molar-refractivity contribution in [3.8, 4) is 6.07 Å². The van der Waals surface area contributed by atoms with Crippen molar-refractivity contribution in [3.63, 3.8) is 0 Å². The molecule has 2 nitrogen and oxygen atoms in total. The number of halogens is 2. The number of alkyl halides is 1. The van der Waals surface area contributed by atoms with Crippen LogP contribution in [0.3, 0.4) is 0 Å². The minimum absolute atomic E-state index is 0.0381. The Bertz CT molecular complexity index is 331. The number of nitrogens with zero attached hydrogens (tertiary/aromatic N) is 1. The Morgan fingerprint density at radius 3 is 2.85 bits per heavy atom. The maximum absolute atomic E-state index is 12.8. The number of rotatable bonds is 3. The molecule has 0 amide bonds. The van der Waals surface area contributed by atoms with Crippen molar-refractivity contribution < 1.29 is 8.78 Å². The quantitative estimate of drug-likeness (QED) is 0.776. The van der Waals surface area contributed by atoms with E-state index in [1.165, 1.54) is 18.2 Å². The molecule has 1 aromatic rings. The summed E-state index contributed by atoms with van der Waals surface area (Å²) < 4.78 is 24.5. The predicted molar refractivity (Wildman–Crippen MR) is 45.6 cm³/mol. The standard InChI is InChI=1S/C9H8F2N2/c10-3-4-13-8-1-2-9(11)7(5-8)6-12/h1-2,5,13H,3-4H2. The molecule has 1 aromatic carbocycles. The Morgan fingerprint density at radius 2 is 2.23 bits per heavy atom. The van der Waals surface area contributed by atoms with Gasteiger partial charge in [0.2, 0.25) is 0 Å². The summed E-state index contributed by atoms with van der Waals surface area (Å²) in [5, 5.41) is 11.2. The molecule has 0 atom stereocenters. The zero-order valence-corrected chi connectivity index (χ0v) is 6.85. The van der Waals surface area contributed by atoms with Gasteiger partial charge >= 0.3 is 0 Å². The lowest BCUT2D eigenvalue weighted by Gasteiger charge is -2.03. The monoisotopic (exact) mass is 182 g/mol. The molecule has 0 saturated carbocycles. The first kappa shape index (κ1) is 9.46. The van der Waals surface area contributed by atoms with Gasteiger partial charge in [-0.1, -0.05) is 0 Å². The summed E-state index contributed by atoms with van der Waals surface area (Å²) in [6.45, 7) is -0.338. The van der Waals surface area contributed by atoms with E-state index in [2.05, 4.69) is 5.32 Å². The van der Waals surface area contributed by atoms with Crippen molar-refractivity contribution >= 4 is 5.69 Å². The van der Waals surface area contributed by atoms with Gasteiger partial charge in [-0.15, -0.1) is 0 Å². The number of nitrogens with one attached hydrogen (secondary N) is 1. The number of hydrogen-bond acceptors (Lipinski definition) is 2. The highest BCUT2D eigenvalue weighted by atomic mass is 19.1. The maximum atomic E-state index is 12.8. The lowest BCUT2D eigenvalue weighted by atomic mass is 10.2. The molecule has 0 unspecified atom stereocenters. The first-order valence-corrected chi connectivity index (χ1v) is 3.77. The van der Waals surface area contributed by atoms with E-state index >= 15 is 0 Å². The molecule has 68 valence electrons. The van der Waals surface area contributed by atoms with Crippen molar-refractivity contribution in [2.24, 2.45) is 0 Å². The summed E-state index contributed by atoms with van der Waals surface area (Å²) in [7, 11) is 0. The SMILES string of the molecule is N#Cc1cc(NCCF)ccc1F. The predicted octanol–water partition coefficient (Wildman–Crippen LogP) is 2.08. The summed E-state index contributed by atoms with van der Waals surface area (Å²) in [6.07, 6.45) is 0. The van der Waals surface area contributed by atoms with Crippen LogP contribution >= 0.6 is 0 Å². The highest BCUT2D eigenvalue weighted by Gasteiger charge is 2.01. The average molecular weight is 182 g/mol. The van der Waals surface area contributed by atoms with Crippen LogP contribution in [-0.4, -0.2) is 13.2 Å². The van der Waals surface area contributed by atoms with E-state index in [9.17, 15) is 8.78 Å². The maximum Gasteiger partial charge on any atom is 0.141 e. The van der Waals surface area contributed by atoms with Crippen LogP contribution in [0.1, 0.15) is 5.56 Å². The van der Waals surface area contributed by atoms with Crippen LogP contribution in [0.2, 0.25) is 0 Å². The van der Waals surface area contributed by atoms with Crippen molar-refractivity contribution in [2.45, 2.75) is 0 Å². The fourth-order valence-corrected chi connectivity index (χ4v) is 0.912.